The lowest BCUT2D eigenvalue weighted by molar-refractivity contribution is -0.907. The molecule has 3 aromatic rings. The molecule has 0 atom stereocenters. The normalized spacial score (nSPS) is 16.0. The minimum Gasteiger partial charge on any atom is -0.370 e. The highest BCUT2D eigenvalue weighted by Gasteiger charge is 2.17. The highest BCUT2D eigenvalue weighted by Crippen LogP contribution is 2.30. The number of hydrogen-bond acceptors (Lipinski definition) is 1. The minimum atomic E-state index is 0.898. The number of H-pyrrole nitrogens is 1. The molecule has 0 saturated carbocycles. The van der Waals surface area contributed by atoms with E-state index < -0.39 is 0 Å². The zero-order valence-corrected chi connectivity index (χ0v) is 13.3. The van der Waals surface area contributed by atoms with Gasteiger partial charge in [0.2, 0.25) is 0 Å². The van der Waals surface area contributed by atoms with Crippen LogP contribution in [0.15, 0.2) is 54.6 Å². The molecule has 1 aliphatic rings. The van der Waals surface area contributed by atoms with Crippen molar-refractivity contribution in [3.05, 3.63) is 60.2 Å². The van der Waals surface area contributed by atoms with Gasteiger partial charge in [-0.05, 0) is 17.2 Å². The second kappa shape index (κ2) is 6.57. The fourth-order valence-electron chi connectivity index (χ4n) is 3.52. The van der Waals surface area contributed by atoms with Crippen molar-refractivity contribution in [1.29, 1.82) is 0 Å². The largest absolute Gasteiger partial charge is 0.370 e. The van der Waals surface area contributed by atoms with E-state index in [0.29, 0.717) is 0 Å². The molecule has 0 aliphatic carbocycles. The summed E-state index contributed by atoms with van der Waals surface area (Å²) in [5, 5.41) is 1.36. The summed E-state index contributed by atoms with van der Waals surface area (Å²) in [6.07, 6.45) is 1.10. The van der Waals surface area contributed by atoms with Crippen molar-refractivity contribution in [1.82, 2.24) is 4.98 Å². The Balaban J connectivity index is 1.68. The van der Waals surface area contributed by atoms with E-state index in [2.05, 4.69) is 59.6 Å². The second-order valence-corrected chi connectivity index (χ2v) is 6.25. The fraction of sp³-hybridized carbons (Fsp3) is 0.300. The van der Waals surface area contributed by atoms with Gasteiger partial charge < -0.3 is 14.6 Å². The van der Waals surface area contributed by atoms with Crippen molar-refractivity contribution in [2.24, 2.45) is 0 Å². The summed E-state index contributed by atoms with van der Waals surface area (Å²) in [5.74, 6) is 0. The molecule has 23 heavy (non-hydrogen) atoms. The maximum atomic E-state index is 5.47. The molecule has 0 bridgehead atoms. The van der Waals surface area contributed by atoms with Crippen LogP contribution >= 0.6 is 0 Å². The Morgan fingerprint density at radius 1 is 0.913 bits per heavy atom. The topological polar surface area (TPSA) is 29.5 Å². The molecule has 1 aromatic heterocycles. The maximum absolute atomic E-state index is 5.47. The van der Waals surface area contributed by atoms with Crippen molar-refractivity contribution in [3.8, 4) is 11.3 Å². The summed E-state index contributed by atoms with van der Waals surface area (Å²) in [6, 6.07) is 19.3. The van der Waals surface area contributed by atoms with Crippen LogP contribution in [-0.2, 0) is 11.2 Å². The van der Waals surface area contributed by atoms with E-state index in [1.165, 1.54) is 34.3 Å². The minimum absolute atomic E-state index is 0.898. The predicted octanol–water partition coefficient (Wildman–Crippen LogP) is 2.29. The first kappa shape index (κ1) is 14.5. The van der Waals surface area contributed by atoms with Gasteiger partial charge in [0.15, 0.2) is 0 Å². The molecule has 118 valence electrons. The van der Waals surface area contributed by atoms with Crippen LogP contribution in [0.25, 0.3) is 22.2 Å². The van der Waals surface area contributed by atoms with E-state index in [-0.39, 0.29) is 0 Å². The third-order valence-electron chi connectivity index (χ3n) is 4.80. The molecule has 2 heterocycles. The number of aromatic amines is 1. The Hall–Kier alpha value is -2.10. The zero-order chi connectivity index (χ0) is 15.5. The van der Waals surface area contributed by atoms with Crippen LogP contribution in [0.4, 0.5) is 0 Å². The van der Waals surface area contributed by atoms with Gasteiger partial charge in [-0.1, -0.05) is 48.5 Å². The summed E-state index contributed by atoms with van der Waals surface area (Å²) < 4.78 is 5.47. The van der Waals surface area contributed by atoms with E-state index in [1.54, 1.807) is 4.90 Å². The summed E-state index contributed by atoms with van der Waals surface area (Å²) in [6.45, 7) is 5.22. The summed E-state index contributed by atoms with van der Waals surface area (Å²) in [4.78, 5) is 5.29. The van der Waals surface area contributed by atoms with Gasteiger partial charge in [0.05, 0.1) is 19.8 Å². The third kappa shape index (κ3) is 3.03. The van der Waals surface area contributed by atoms with Gasteiger partial charge in [0, 0.05) is 23.0 Å². The number of ether oxygens (including phenoxy) is 1. The number of quaternary nitrogens is 1. The monoisotopic (exact) mass is 307 g/mol. The van der Waals surface area contributed by atoms with Crippen molar-refractivity contribution in [3.63, 3.8) is 0 Å². The molecule has 3 heteroatoms. The van der Waals surface area contributed by atoms with E-state index in [1.807, 2.05) is 0 Å². The lowest BCUT2D eigenvalue weighted by Gasteiger charge is -2.23. The van der Waals surface area contributed by atoms with Crippen LogP contribution in [0.3, 0.4) is 0 Å². The first-order chi connectivity index (χ1) is 11.4. The Bertz CT molecular complexity index is 773. The van der Waals surface area contributed by atoms with Gasteiger partial charge in [-0.3, -0.25) is 0 Å². The zero-order valence-electron chi connectivity index (χ0n) is 13.3. The molecule has 1 saturated heterocycles. The third-order valence-corrected chi connectivity index (χ3v) is 4.80. The van der Waals surface area contributed by atoms with E-state index >= 15 is 0 Å². The molecule has 4 rings (SSSR count). The smallest absolute Gasteiger partial charge is 0.101 e. The van der Waals surface area contributed by atoms with Gasteiger partial charge in [-0.15, -0.1) is 0 Å². The number of morpholine rings is 1. The molecule has 0 spiro atoms. The standard InChI is InChI=1S/C20H22N2O/c1-2-6-16(7-3-1)20-18(10-11-22-12-14-23-15-13-22)17-8-4-5-9-19(17)21-20/h1-9,21H,10-15H2/p+1. The molecule has 0 radical (unpaired) electrons. The number of aromatic nitrogens is 1. The number of para-hydroxylation sites is 1. The van der Waals surface area contributed by atoms with Crippen LogP contribution in [0.1, 0.15) is 5.56 Å². The SMILES string of the molecule is c1ccc(-c2[nH]c3ccccc3c2CC[NH+]2CCOCC2)cc1. The number of nitrogens with one attached hydrogen (secondary N) is 2. The Kier molecular flexibility index (Phi) is 4.14. The first-order valence-corrected chi connectivity index (χ1v) is 8.48. The van der Waals surface area contributed by atoms with E-state index in [4.69, 9.17) is 4.74 Å². The number of rotatable bonds is 4. The van der Waals surface area contributed by atoms with Crippen LogP contribution in [0, 0.1) is 0 Å². The van der Waals surface area contributed by atoms with Crippen LogP contribution in [-0.4, -0.2) is 37.8 Å². The summed E-state index contributed by atoms with van der Waals surface area (Å²) >= 11 is 0. The molecular weight excluding hydrogens is 284 g/mol. The highest BCUT2D eigenvalue weighted by molar-refractivity contribution is 5.90. The van der Waals surface area contributed by atoms with Crippen LogP contribution in [0.5, 0.6) is 0 Å². The van der Waals surface area contributed by atoms with Gasteiger partial charge in [-0.2, -0.15) is 0 Å². The fourth-order valence-corrected chi connectivity index (χ4v) is 3.52. The first-order valence-electron chi connectivity index (χ1n) is 8.48. The average Bonchev–Trinajstić information content (AvgIpc) is 3.00. The molecule has 1 fully saturated rings. The van der Waals surface area contributed by atoms with Crippen molar-refractivity contribution in [2.45, 2.75) is 6.42 Å². The Morgan fingerprint density at radius 3 is 2.48 bits per heavy atom. The number of hydrogen-bond donors (Lipinski definition) is 2. The lowest BCUT2D eigenvalue weighted by atomic mass is 10.0. The molecule has 0 amide bonds. The average molecular weight is 307 g/mol. The molecular formula is C20H23N2O+. The van der Waals surface area contributed by atoms with Gasteiger partial charge in [-0.25, -0.2) is 0 Å². The van der Waals surface area contributed by atoms with Gasteiger partial charge in [0.1, 0.15) is 13.1 Å². The summed E-state index contributed by atoms with van der Waals surface area (Å²) in [5.41, 5.74) is 5.24. The van der Waals surface area contributed by atoms with E-state index in [9.17, 15) is 0 Å². The number of fused-ring (bicyclic) bond motifs is 1. The van der Waals surface area contributed by atoms with Crippen molar-refractivity contribution >= 4 is 10.9 Å². The second-order valence-electron chi connectivity index (χ2n) is 6.25. The quantitative estimate of drug-likeness (QED) is 0.761. The van der Waals surface area contributed by atoms with Crippen molar-refractivity contribution < 1.29 is 9.64 Å². The lowest BCUT2D eigenvalue weighted by Crippen LogP contribution is -3.14. The highest BCUT2D eigenvalue weighted by atomic mass is 16.5. The van der Waals surface area contributed by atoms with Crippen LogP contribution in [0.2, 0.25) is 0 Å². The molecule has 2 aromatic carbocycles. The van der Waals surface area contributed by atoms with E-state index in [0.717, 1.165) is 32.7 Å². The molecule has 0 unspecified atom stereocenters. The summed E-state index contributed by atoms with van der Waals surface area (Å²) in [7, 11) is 0. The van der Waals surface area contributed by atoms with Gasteiger partial charge >= 0.3 is 0 Å². The maximum Gasteiger partial charge on any atom is 0.101 e. The Morgan fingerprint density at radius 2 is 1.65 bits per heavy atom. The van der Waals surface area contributed by atoms with Crippen LogP contribution < -0.4 is 4.90 Å². The molecule has 1 aliphatic heterocycles. The predicted molar refractivity (Wildman–Crippen MR) is 93.8 cm³/mol. The van der Waals surface area contributed by atoms with Crippen molar-refractivity contribution in [2.75, 3.05) is 32.8 Å². The molecule has 3 nitrogen and oxygen atoms in total. The number of benzene rings is 2. The Labute approximate surface area is 136 Å². The van der Waals surface area contributed by atoms with Gasteiger partial charge in [0.25, 0.3) is 0 Å². The molecule has 2 N–H and O–H groups in total.